The Labute approximate surface area is 159 Å². The summed E-state index contributed by atoms with van der Waals surface area (Å²) >= 11 is 19.7. The Bertz CT molecular complexity index is 1020. The van der Waals surface area contributed by atoms with E-state index in [1.54, 1.807) is 17.6 Å². The van der Waals surface area contributed by atoms with Crippen LogP contribution in [-0.2, 0) is 5.54 Å². The number of benzene rings is 2. The van der Waals surface area contributed by atoms with Gasteiger partial charge in [0.1, 0.15) is 4.64 Å². The van der Waals surface area contributed by atoms with Crippen molar-refractivity contribution in [3.63, 3.8) is 0 Å². The molecule has 24 heavy (non-hydrogen) atoms. The molecule has 0 bridgehead atoms. The fourth-order valence-electron chi connectivity index (χ4n) is 3.03. The van der Waals surface area contributed by atoms with Crippen LogP contribution in [0.2, 0.25) is 10.0 Å². The molecule has 2 nitrogen and oxygen atoms in total. The first-order chi connectivity index (χ1) is 11.4. The van der Waals surface area contributed by atoms with Crippen LogP contribution in [0.15, 0.2) is 42.5 Å². The van der Waals surface area contributed by atoms with Crippen LogP contribution in [0.5, 0.6) is 0 Å². The van der Waals surface area contributed by atoms with Gasteiger partial charge in [0.05, 0.1) is 26.1 Å². The zero-order chi connectivity index (χ0) is 17.1. The van der Waals surface area contributed by atoms with Crippen LogP contribution in [0, 0.1) is 4.64 Å². The topological polar surface area (TPSA) is 17.0 Å². The molecule has 122 valence electrons. The van der Waals surface area contributed by atoms with Crippen LogP contribution < -0.4 is 5.32 Å². The Morgan fingerprint density at radius 3 is 2.58 bits per heavy atom. The van der Waals surface area contributed by atoms with Crippen LogP contribution >= 0.6 is 47.0 Å². The van der Waals surface area contributed by atoms with E-state index in [1.807, 2.05) is 28.2 Å². The average Bonchev–Trinajstić information content (AvgIpc) is 2.89. The maximum absolute atomic E-state index is 6.19. The lowest BCUT2D eigenvalue weighted by Crippen LogP contribution is -2.30. The molecule has 0 amide bonds. The molecular formula is C18H14Cl2N2S2. The van der Waals surface area contributed by atoms with Gasteiger partial charge in [0.15, 0.2) is 0 Å². The molecule has 0 fully saturated rings. The highest BCUT2D eigenvalue weighted by Crippen LogP contribution is 2.47. The fraction of sp³-hybridized carbons (Fsp3) is 0.167. The Kier molecular flexibility index (Phi) is 3.77. The highest BCUT2D eigenvalue weighted by atomic mass is 35.5. The maximum atomic E-state index is 6.19. The van der Waals surface area contributed by atoms with Gasteiger partial charge in [0.25, 0.3) is 0 Å². The summed E-state index contributed by atoms with van der Waals surface area (Å²) in [4.78, 5) is 1.22. The Morgan fingerprint density at radius 2 is 1.83 bits per heavy atom. The Morgan fingerprint density at radius 1 is 1.08 bits per heavy atom. The number of anilines is 1. The Hall–Kier alpha value is -1.33. The van der Waals surface area contributed by atoms with Gasteiger partial charge in [-0.05, 0) is 38.1 Å². The van der Waals surface area contributed by atoms with Gasteiger partial charge in [-0.1, -0.05) is 65.2 Å². The first-order valence-corrected chi connectivity index (χ1v) is 9.42. The van der Waals surface area contributed by atoms with Crippen molar-refractivity contribution in [1.82, 2.24) is 3.96 Å². The van der Waals surface area contributed by atoms with E-state index in [0.29, 0.717) is 10.0 Å². The van der Waals surface area contributed by atoms with Crippen molar-refractivity contribution in [3.05, 3.63) is 62.0 Å². The van der Waals surface area contributed by atoms with Gasteiger partial charge in [-0.25, -0.2) is 0 Å². The smallest absolute Gasteiger partial charge is 0.129 e. The standard InChI is InChI=1S/C18H14Cl2N2S2/c1-18(2)16-15(11-5-3-4-6-14(11)21-18)17(23)22(24-16)10-7-8-12(19)13(20)9-10/h3-9,21H,1-2H3. The lowest BCUT2D eigenvalue weighted by Gasteiger charge is -2.33. The number of aromatic nitrogens is 1. The largest absolute Gasteiger partial charge is 0.375 e. The van der Waals surface area contributed by atoms with Gasteiger partial charge in [0, 0.05) is 16.8 Å². The monoisotopic (exact) mass is 392 g/mol. The van der Waals surface area contributed by atoms with E-state index in [1.165, 1.54) is 4.88 Å². The van der Waals surface area contributed by atoms with Crippen molar-refractivity contribution in [3.8, 4) is 16.8 Å². The number of rotatable bonds is 1. The minimum Gasteiger partial charge on any atom is -0.375 e. The Balaban J connectivity index is 2.01. The number of hydrogen-bond acceptors (Lipinski definition) is 3. The molecule has 1 N–H and O–H groups in total. The highest BCUT2D eigenvalue weighted by Gasteiger charge is 2.34. The van der Waals surface area contributed by atoms with Crippen LogP contribution in [0.25, 0.3) is 16.8 Å². The molecule has 4 rings (SSSR count). The minimum absolute atomic E-state index is 0.191. The normalized spacial score (nSPS) is 14.7. The van der Waals surface area contributed by atoms with E-state index in [4.69, 9.17) is 35.4 Å². The third-order valence-corrected chi connectivity index (χ3v) is 6.87. The second-order valence-corrected chi connectivity index (χ2v) is 8.45. The van der Waals surface area contributed by atoms with Gasteiger partial charge in [-0.2, -0.15) is 0 Å². The van der Waals surface area contributed by atoms with Crippen molar-refractivity contribution >= 4 is 52.6 Å². The van der Waals surface area contributed by atoms with Crippen LogP contribution in [0.4, 0.5) is 5.69 Å². The summed E-state index contributed by atoms with van der Waals surface area (Å²) in [7, 11) is 0. The van der Waals surface area contributed by atoms with Gasteiger partial charge in [0.2, 0.25) is 0 Å². The molecule has 2 heterocycles. The molecule has 1 aliphatic heterocycles. The second-order valence-electron chi connectivity index (χ2n) is 6.29. The predicted octanol–water partition coefficient (Wildman–Crippen LogP) is 6.90. The first kappa shape index (κ1) is 16.2. The van der Waals surface area contributed by atoms with Crippen LogP contribution in [-0.4, -0.2) is 3.96 Å². The second kappa shape index (κ2) is 5.60. The summed E-state index contributed by atoms with van der Waals surface area (Å²) < 4.78 is 2.85. The van der Waals surface area contributed by atoms with Crippen molar-refractivity contribution < 1.29 is 0 Å². The van der Waals surface area contributed by atoms with E-state index in [2.05, 4.69) is 31.3 Å². The van der Waals surface area contributed by atoms with E-state index >= 15 is 0 Å². The third kappa shape index (κ3) is 2.40. The molecule has 6 heteroatoms. The molecule has 2 aromatic carbocycles. The lowest BCUT2D eigenvalue weighted by molar-refractivity contribution is 0.620. The maximum Gasteiger partial charge on any atom is 0.129 e. The summed E-state index contributed by atoms with van der Waals surface area (Å²) in [5.74, 6) is 0. The molecular weight excluding hydrogens is 379 g/mol. The van der Waals surface area contributed by atoms with Gasteiger partial charge < -0.3 is 5.32 Å². The zero-order valence-electron chi connectivity index (χ0n) is 13.1. The quantitative estimate of drug-likeness (QED) is 0.453. The third-order valence-electron chi connectivity index (χ3n) is 4.16. The first-order valence-electron chi connectivity index (χ1n) is 7.48. The average molecular weight is 393 g/mol. The van der Waals surface area contributed by atoms with E-state index in [0.717, 1.165) is 27.1 Å². The van der Waals surface area contributed by atoms with Crippen LogP contribution in [0.1, 0.15) is 18.7 Å². The van der Waals surface area contributed by atoms with Crippen molar-refractivity contribution in [2.45, 2.75) is 19.4 Å². The zero-order valence-corrected chi connectivity index (χ0v) is 16.2. The van der Waals surface area contributed by atoms with Crippen molar-refractivity contribution in [2.75, 3.05) is 5.32 Å². The van der Waals surface area contributed by atoms with Crippen molar-refractivity contribution in [2.24, 2.45) is 0 Å². The molecule has 1 aromatic heterocycles. The molecule has 3 aromatic rings. The van der Waals surface area contributed by atoms with Crippen LogP contribution in [0.3, 0.4) is 0 Å². The number of halogens is 2. The lowest BCUT2D eigenvalue weighted by atomic mass is 9.90. The van der Waals surface area contributed by atoms with Gasteiger partial charge >= 0.3 is 0 Å². The van der Waals surface area contributed by atoms with E-state index in [9.17, 15) is 0 Å². The van der Waals surface area contributed by atoms with E-state index < -0.39 is 0 Å². The molecule has 1 aliphatic rings. The number of hydrogen-bond donors (Lipinski definition) is 1. The fourth-order valence-corrected chi connectivity index (χ4v) is 4.97. The summed E-state index contributed by atoms with van der Waals surface area (Å²) in [5.41, 5.74) is 4.12. The molecule has 0 atom stereocenters. The molecule has 0 saturated carbocycles. The molecule has 0 spiro atoms. The molecule has 0 saturated heterocycles. The van der Waals surface area contributed by atoms with Crippen molar-refractivity contribution in [1.29, 1.82) is 0 Å². The highest BCUT2D eigenvalue weighted by molar-refractivity contribution is 7.71. The number of nitrogens with zero attached hydrogens (tertiary/aromatic N) is 1. The van der Waals surface area contributed by atoms with Gasteiger partial charge in [-0.15, -0.1) is 0 Å². The summed E-state index contributed by atoms with van der Waals surface area (Å²) in [6.07, 6.45) is 0. The number of fused-ring (bicyclic) bond motifs is 3. The molecule has 0 unspecified atom stereocenters. The van der Waals surface area contributed by atoms with E-state index in [-0.39, 0.29) is 5.54 Å². The SMILES string of the molecule is CC1(C)Nc2ccccc2-c2c1sn(-c1ccc(Cl)c(Cl)c1)c2=S. The molecule has 0 radical (unpaired) electrons. The number of para-hydroxylation sites is 1. The minimum atomic E-state index is -0.191. The molecule has 0 aliphatic carbocycles. The number of nitrogens with one attached hydrogen (secondary N) is 1. The summed E-state index contributed by atoms with van der Waals surface area (Å²) in [6, 6.07) is 13.9. The summed E-state index contributed by atoms with van der Waals surface area (Å²) in [6.45, 7) is 4.35. The van der Waals surface area contributed by atoms with Gasteiger partial charge in [-0.3, -0.25) is 3.96 Å². The predicted molar refractivity (Wildman–Crippen MR) is 107 cm³/mol. The summed E-state index contributed by atoms with van der Waals surface area (Å²) in [5, 5.41) is 4.68.